The molecule has 1 unspecified atom stereocenters. The van der Waals surface area contributed by atoms with Crippen molar-refractivity contribution in [2.24, 2.45) is 0 Å². The maximum atomic E-state index is 13.7. The first-order valence-electron chi connectivity index (χ1n) is 12.8. The van der Waals surface area contributed by atoms with Crippen LogP contribution < -0.4 is 9.64 Å². The van der Waals surface area contributed by atoms with E-state index in [9.17, 15) is 14.0 Å². The number of halogens is 1. The molecule has 0 spiro atoms. The molecule has 0 aliphatic carbocycles. The summed E-state index contributed by atoms with van der Waals surface area (Å²) in [4.78, 5) is 32.4. The summed E-state index contributed by atoms with van der Waals surface area (Å²) in [6, 6.07) is 20.2. The Hall–Kier alpha value is -3.71. The number of ether oxygens (including phenoxy) is 1. The molecule has 2 aliphatic heterocycles. The van der Waals surface area contributed by atoms with Gasteiger partial charge >= 0.3 is 0 Å². The van der Waals surface area contributed by atoms with E-state index >= 15 is 0 Å². The van der Waals surface area contributed by atoms with Crippen LogP contribution in [0.5, 0.6) is 5.75 Å². The number of amides is 2. The number of aryl methyl sites for hydroxylation is 1. The molecule has 0 saturated carbocycles. The van der Waals surface area contributed by atoms with Gasteiger partial charge in [0.15, 0.2) is 0 Å². The van der Waals surface area contributed by atoms with Gasteiger partial charge < -0.3 is 9.64 Å². The summed E-state index contributed by atoms with van der Waals surface area (Å²) in [6.45, 7) is 5.68. The normalized spacial score (nSPS) is 16.7. The van der Waals surface area contributed by atoms with Gasteiger partial charge in [0.1, 0.15) is 11.6 Å². The predicted octanol–water partition coefficient (Wildman–Crippen LogP) is 4.77. The van der Waals surface area contributed by atoms with Gasteiger partial charge in [-0.15, -0.1) is 0 Å². The van der Waals surface area contributed by atoms with Crippen LogP contribution in [-0.2, 0) is 13.0 Å². The summed E-state index contributed by atoms with van der Waals surface area (Å²) in [5.41, 5.74) is 3.59. The van der Waals surface area contributed by atoms with E-state index in [1.54, 1.807) is 25.3 Å². The quantitative estimate of drug-likeness (QED) is 0.416. The van der Waals surface area contributed by atoms with Crippen LogP contribution in [-0.4, -0.2) is 60.9 Å². The van der Waals surface area contributed by atoms with Crippen LogP contribution in [0.4, 0.5) is 10.1 Å². The van der Waals surface area contributed by atoms with Gasteiger partial charge in [-0.2, -0.15) is 0 Å². The van der Waals surface area contributed by atoms with Gasteiger partial charge in [-0.3, -0.25) is 19.4 Å². The van der Waals surface area contributed by atoms with Gasteiger partial charge in [-0.1, -0.05) is 30.3 Å². The van der Waals surface area contributed by atoms with E-state index in [4.69, 9.17) is 4.74 Å². The lowest BCUT2D eigenvalue weighted by molar-refractivity contribution is 0.0642. The topological polar surface area (TPSA) is 53.1 Å². The Morgan fingerprint density at radius 3 is 2.32 bits per heavy atom. The largest absolute Gasteiger partial charge is 0.497 e. The summed E-state index contributed by atoms with van der Waals surface area (Å²) in [6.07, 6.45) is 2.07. The zero-order valence-electron chi connectivity index (χ0n) is 21.3. The molecule has 3 aromatic rings. The summed E-state index contributed by atoms with van der Waals surface area (Å²) >= 11 is 0. The molecule has 0 bridgehead atoms. The third kappa shape index (κ3) is 5.23. The van der Waals surface area contributed by atoms with Crippen LogP contribution in [0, 0.1) is 5.82 Å². The van der Waals surface area contributed by atoms with Crippen molar-refractivity contribution in [1.82, 2.24) is 9.80 Å². The molecule has 0 radical (unpaired) electrons. The van der Waals surface area contributed by atoms with E-state index in [0.29, 0.717) is 22.7 Å². The van der Waals surface area contributed by atoms with E-state index < -0.39 is 0 Å². The van der Waals surface area contributed by atoms with Crippen molar-refractivity contribution < 1.29 is 18.7 Å². The molecule has 1 atom stereocenters. The second-order valence-corrected chi connectivity index (χ2v) is 9.78. The summed E-state index contributed by atoms with van der Waals surface area (Å²) in [7, 11) is 1.68. The molecule has 0 aromatic heterocycles. The van der Waals surface area contributed by atoms with Crippen molar-refractivity contribution in [3.05, 3.63) is 94.8 Å². The molecule has 37 heavy (non-hydrogen) atoms. The first-order chi connectivity index (χ1) is 17.9. The molecule has 2 heterocycles. The van der Waals surface area contributed by atoms with Crippen LogP contribution in [0.2, 0.25) is 0 Å². The molecule has 2 aliphatic rings. The Balaban J connectivity index is 1.22. The van der Waals surface area contributed by atoms with Crippen LogP contribution in [0.1, 0.15) is 45.2 Å². The highest BCUT2D eigenvalue weighted by Gasteiger charge is 2.39. The molecule has 1 saturated heterocycles. The SMILES string of the molecule is COc1ccc(CCC(C)N2CCN(c3cccc4c3C(=O)N(Cc3cccc(F)c3)C4=O)CC2)cc1. The molecular formula is C30H32FN3O3. The monoisotopic (exact) mass is 501 g/mol. The van der Waals surface area contributed by atoms with Crippen LogP contribution >= 0.6 is 0 Å². The summed E-state index contributed by atoms with van der Waals surface area (Å²) in [5, 5.41) is 0. The second kappa shape index (κ2) is 10.7. The fraction of sp³-hybridized carbons (Fsp3) is 0.333. The van der Waals surface area contributed by atoms with Gasteiger partial charge in [-0.25, -0.2) is 4.39 Å². The number of nitrogens with zero attached hydrogens (tertiary/aromatic N) is 3. The molecular weight excluding hydrogens is 469 g/mol. The van der Waals surface area contributed by atoms with Crippen molar-refractivity contribution in [1.29, 1.82) is 0 Å². The van der Waals surface area contributed by atoms with Gasteiger partial charge in [0.05, 0.1) is 30.5 Å². The van der Waals surface area contributed by atoms with E-state index in [2.05, 4.69) is 28.9 Å². The Bertz CT molecular complexity index is 1290. The Kier molecular flexibility index (Phi) is 7.24. The number of carbonyl (C=O) groups is 2. The number of benzene rings is 3. The van der Waals surface area contributed by atoms with E-state index in [1.807, 2.05) is 24.3 Å². The number of fused-ring (bicyclic) bond motifs is 1. The number of methoxy groups -OCH3 is 1. The van der Waals surface area contributed by atoms with Gasteiger partial charge in [-0.05, 0) is 67.3 Å². The molecule has 7 heteroatoms. The molecule has 6 nitrogen and oxygen atoms in total. The molecule has 2 amide bonds. The van der Waals surface area contributed by atoms with Crippen molar-refractivity contribution in [3.8, 4) is 5.75 Å². The number of imide groups is 1. The second-order valence-electron chi connectivity index (χ2n) is 9.78. The smallest absolute Gasteiger partial charge is 0.263 e. The lowest BCUT2D eigenvalue weighted by Gasteiger charge is -2.39. The first-order valence-corrected chi connectivity index (χ1v) is 12.8. The zero-order chi connectivity index (χ0) is 25.9. The molecule has 0 N–H and O–H groups in total. The van der Waals surface area contributed by atoms with Crippen LogP contribution in [0.3, 0.4) is 0 Å². The first kappa shape index (κ1) is 25.0. The van der Waals surface area contributed by atoms with E-state index in [-0.39, 0.29) is 24.2 Å². The van der Waals surface area contributed by atoms with Gasteiger partial charge in [0.2, 0.25) is 0 Å². The highest BCUT2D eigenvalue weighted by molar-refractivity contribution is 6.23. The Morgan fingerprint density at radius 1 is 0.892 bits per heavy atom. The standard InChI is InChI=1S/C30H32FN3O3/c1-21(9-10-22-11-13-25(37-2)14-12-22)32-15-17-33(18-16-32)27-8-4-7-26-28(27)30(36)34(29(26)35)20-23-5-3-6-24(31)19-23/h3-8,11-14,19,21H,9-10,15-18,20H2,1-2H3. The van der Waals surface area contributed by atoms with E-state index in [1.165, 1.54) is 22.6 Å². The van der Waals surface area contributed by atoms with Crippen LogP contribution in [0.25, 0.3) is 0 Å². The highest BCUT2D eigenvalue weighted by Crippen LogP contribution is 2.33. The molecule has 1 fully saturated rings. The maximum absolute atomic E-state index is 13.7. The molecule has 3 aromatic carbocycles. The minimum absolute atomic E-state index is 0.0586. The predicted molar refractivity (Wildman–Crippen MR) is 142 cm³/mol. The average molecular weight is 502 g/mol. The number of piperazine rings is 1. The Labute approximate surface area is 217 Å². The number of hydrogen-bond acceptors (Lipinski definition) is 5. The minimum atomic E-state index is -0.383. The lowest BCUT2D eigenvalue weighted by atomic mass is 10.0. The maximum Gasteiger partial charge on any atom is 0.263 e. The van der Waals surface area contributed by atoms with Crippen LogP contribution in [0.15, 0.2) is 66.7 Å². The number of carbonyl (C=O) groups excluding carboxylic acids is 2. The molecule has 192 valence electrons. The molecule has 5 rings (SSSR count). The third-order valence-corrected chi connectivity index (χ3v) is 7.49. The van der Waals surface area contributed by atoms with Crippen molar-refractivity contribution >= 4 is 17.5 Å². The minimum Gasteiger partial charge on any atom is -0.497 e. The number of anilines is 1. The van der Waals surface area contributed by atoms with E-state index in [0.717, 1.165) is 50.5 Å². The summed E-state index contributed by atoms with van der Waals surface area (Å²) in [5.74, 6) is -0.143. The van der Waals surface area contributed by atoms with Gasteiger partial charge in [0, 0.05) is 32.2 Å². The fourth-order valence-electron chi connectivity index (χ4n) is 5.29. The Morgan fingerprint density at radius 2 is 1.62 bits per heavy atom. The average Bonchev–Trinajstić information content (AvgIpc) is 3.17. The van der Waals surface area contributed by atoms with Gasteiger partial charge in [0.25, 0.3) is 11.8 Å². The number of rotatable bonds is 8. The van der Waals surface area contributed by atoms with Crippen molar-refractivity contribution in [2.75, 3.05) is 38.2 Å². The summed E-state index contributed by atoms with van der Waals surface area (Å²) < 4.78 is 18.9. The fourth-order valence-corrected chi connectivity index (χ4v) is 5.29. The van der Waals surface area contributed by atoms with Crippen molar-refractivity contribution in [3.63, 3.8) is 0 Å². The lowest BCUT2D eigenvalue weighted by Crippen LogP contribution is -2.50. The highest BCUT2D eigenvalue weighted by atomic mass is 19.1. The van der Waals surface area contributed by atoms with Crippen molar-refractivity contribution in [2.45, 2.75) is 32.4 Å². The number of hydrogen-bond donors (Lipinski definition) is 0. The zero-order valence-corrected chi connectivity index (χ0v) is 21.3. The third-order valence-electron chi connectivity index (χ3n) is 7.49.